The molecule has 0 atom stereocenters. The molecule has 90 valence electrons. The molecule has 0 unspecified atom stereocenters. The third-order valence-corrected chi connectivity index (χ3v) is 3.65. The summed E-state index contributed by atoms with van der Waals surface area (Å²) in [7, 11) is 0. The van der Waals surface area contributed by atoms with Crippen LogP contribution in [0.2, 0.25) is 0 Å². The first kappa shape index (κ1) is 13.0. The first-order chi connectivity index (χ1) is 7.08. The summed E-state index contributed by atoms with van der Waals surface area (Å²) in [5.74, 6) is 0.397. The Labute approximate surface area is 94.7 Å². The molecule has 1 saturated heterocycles. The van der Waals surface area contributed by atoms with Crippen molar-refractivity contribution >= 4 is 0 Å². The van der Waals surface area contributed by atoms with E-state index in [0.717, 1.165) is 13.1 Å². The lowest BCUT2D eigenvalue weighted by Crippen LogP contribution is -2.64. The van der Waals surface area contributed by atoms with E-state index in [1.54, 1.807) is 0 Å². The van der Waals surface area contributed by atoms with E-state index in [0.29, 0.717) is 5.92 Å². The fraction of sp³-hybridized carbons (Fsp3) is 1.00. The molecule has 0 spiro atoms. The van der Waals surface area contributed by atoms with Crippen LogP contribution >= 0.6 is 0 Å². The van der Waals surface area contributed by atoms with Crippen molar-refractivity contribution in [3.05, 3.63) is 0 Å². The van der Waals surface area contributed by atoms with E-state index in [4.69, 9.17) is 0 Å². The van der Waals surface area contributed by atoms with Crippen molar-refractivity contribution in [3.63, 3.8) is 0 Å². The molecule has 0 bridgehead atoms. The molecule has 2 heteroatoms. The van der Waals surface area contributed by atoms with Crippen LogP contribution in [0.4, 0.5) is 0 Å². The fourth-order valence-corrected chi connectivity index (χ4v) is 2.19. The Morgan fingerprint density at radius 1 is 1.13 bits per heavy atom. The Kier molecular flexibility index (Phi) is 5.07. The van der Waals surface area contributed by atoms with Crippen molar-refractivity contribution in [2.75, 3.05) is 19.6 Å². The van der Waals surface area contributed by atoms with Gasteiger partial charge in [0.2, 0.25) is 0 Å². The van der Waals surface area contributed by atoms with Gasteiger partial charge in [0.1, 0.15) is 0 Å². The highest BCUT2D eigenvalue weighted by molar-refractivity contribution is 4.97. The van der Waals surface area contributed by atoms with Crippen molar-refractivity contribution in [3.8, 4) is 0 Å². The summed E-state index contributed by atoms with van der Waals surface area (Å²) < 4.78 is 0. The molecule has 1 N–H and O–H groups in total. The third kappa shape index (κ3) is 3.76. The number of likely N-dealkylation sites (tertiary alicyclic amines) is 1. The van der Waals surface area contributed by atoms with Crippen LogP contribution < -0.4 is 0 Å². The van der Waals surface area contributed by atoms with Gasteiger partial charge in [0, 0.05) is 13.1 Å². The van der Waals surface area contributed by atoms with Gasteiger partial charge in [-0.1, -0.05) is 46.5 Å². The van der Waals surface area contributed by atoms with Crippen LogP contribution in [0, 0.1) is 5.92 Å². The zero-order valence-corrected chi connectivity index (χ0v) is 10.6. The van der Waals surface area contributed by atoms with Gasteiger partial charge in [-0.2, -0.15) is 0 Å². The van der Waals surface area contributed by atoms with Gasteiger partial charge < -0.3 is 5.11 Å². The van der Waals surface area contributed by atoms with Crippen LogP contribution in [0.15, 0.2) is 0 Å². The van der Waals surface area contributed by atoms with E-state index in [9.17, 15) is 5.11 Å². The second kappa shape index (κ2) is 5.86. The molecule has 1 heterocycles. The highest BCUT2D eigenvalue weighted by Gasteiger charge is 2.42. The third-order valence-electron chi connectivity index (χ3n) is 3.65. The second-order valence-corrected chi connectivity index (χ2v) is 5.38. The number of hydrogen-bond acceptors (Lipinski definition) is 2. The second-order valence-electron chi connectivity index (χ2n) is 5.38. The van der Waals surface area contributed by atoms with Crippen molar-refractivity contribution in [1.29, 1.82) is 0 Å². The highest BCUT2D eigenvalue weighted by Crippen LogP contribution is 2.28. The number of aliphatic hydroxyl groups is 1. The van der Waals surface area contributed by atoms with Gasteiger partial charge >= 0.3 is 0 Å². The number of hydrogen-bond donors (Lipinski definition) is 1. The maximum absolute atomic E-state index is 10.1. The van der Waals surface area contributed by atoms with Gasteiger partial charge in [-0.15, -0.1) is 0 Å². The highest BCUT2D eigenvalue weighted by atomic mass is 16.3. The van der Waals surface area contributed by atoms with Crippen molar-refractivity contribution in [2.24, 2.45) is 5.92 Å². The summed E-state index contributed by atoms with van der Waals surface area (Å²) in [5, 5.41) is 10.1. The van der Waals surface area contributed by atoms with E-state index < -0.39 is 0 Å². The van der Waals surface area contributed by atoms with Gasteiger partial charge in [-0.3, -0.25) is 4.90 Å². The van der Waals surface area contributed by atoms with Gasteiger partial charge in [-0.05, 0) is 18.9 Å². The Balaban J connectivity index is 1.98. The SMILES string of the molecule is CCCCCCCN1CC(O)(C(C)C)C1. The van der Waals surface area contributed by atoms with E-state index in [-0.39, 0.29) is 5.60 Å². The smallest absolute Gasteiger partial charge is 0.0922 e. The monoisotopic (exact) mass is 213 g/mol. The molecule has 0 aliphatic carbocycles. The zero-order chi connectivity index (χ0) is 11.3. The first-order valence-electron chi connectivity index (χ1n) is 6.53. The Morgan fingerprint density at radius 2 is 1.73 bits per heavy atom. The minimum atomic E-state index is -0.385. The number of β-amino-alcohol motifs (C(OH)–C–C–N with tert-alkyl or cyclic N) is 1. The predicted molar refractivity (Wildman–Crippen MR) is 65.0 cm³/mol. The minimum absolute atomic E-state index is 0.385. The molecule has 1 aliphatic rings. The fourth-order valence-electron chi connectivity index (χ4n) is 2.19. The Bertz CT molecular complexity index is 173. The lowest BCUT2D eigenvalue weighted by Gasteiger charge is -2.49. The molecule has 1 aliphatic heterocycles. The van der Waals surface area contributed by atoms with Crippen LogP contribution in [-0.4, -0.2) is 35.2 Å². The van der Waals surface area contributed by atoms with Crippen LogP contribution in [0.3, 0.4) is 0 Å². The topological polar surface area (TPSA) is 23.5 Å². The summed E-state index contributed by atoms with van der Waals surface area (Å²) in [6.45, 7) is 9.42. The van der Waals surface area contributed by atoms with E-state index in [1.807, 2.05) is 0 Å². The molecule has 15 heavy (non-hydrogen) atoms. The Morgan fingerprint density at radius 3 is 2.27 bits per heavy atom. The van der Waals surface area contributed by atoms with Crippen LogP contribution in [0.25, 0.3) is 0 Å². The van der Waals surface area contributed by atoms with Gasteiger partial charge in [0.25, 0.3) is 0 Å². The largest absolute Gasteiger partial charge is 0.387 e. The molecular weight excluding hydrogens is 186 g/mol. The molecular formula is C13H27NO. The molecule has 0 radical (unpaired) electrons. The average Bonchev–Trinajstić information content (AvgIpc) is 2.14. The first-order valence-corrected chi connectivity index (χ1v) is 6.53. The lowest BCUT2D eigenvalue weighted by atomic mass is 9.83. The summed E-state index contributed by atoms with van der Waals surface area (Å²) >= 11 is 0. The molecule has 1 fully saturated rings. The van der Waals surface area contributed by atoms with E-state index >= 15 is 0 Å². The summed E-state index contributed by atoms with van der Waals surface area (Å²) in [4.78, 5) is 2.38. The van der Waals surface area contributed by atoms with Gasteiger partial charge in [-0.25, -0.2) is 0 Å². The maximum atomic E-state index is 10.1. The quantitative estimate of drug-likeness (QED) is 0.657. The zero-order valence-electron chi connectivity index (χ0n) is 10.6. The van der Waals surface area contributed by atoms with Crippen molar-refractivity contribution < 1.29 is 5.11 Å². The van der Waals surface area contributed by atoms with Crippen LogP contribution in [0.1, 0.15) is 52.9 Å². The normalized spacial score (nSPS) is 20.6. The van der Waals surface area contributed by atoms with E-state index in [1.165, 1.54) is 38.6 Å². The van der Waals surface area contributed by atoms with Crippen LogP contribution in [0.5, 0.6) is 0 Å². The Hall–Kier alpha value is -0.0800. The lowest BCUT2D eigenvalue weighted by molar-refractivity contribution is -0.127. The molecule has 1 rings (SSSR count). The average molecular weight is 213 g/mol. The predicted octanol–water partition coefficient (Wildman–Crippen LogP) is 2.66. The van der Waals surface area contributed by atoms with Crippen LogP contribution in [-0.2, 0) is 0 Å². The summed E-state index contributed by atoms with van der Waals surface area (Å²) in [6.07, 6.45) is 6.71. The molecule has 2 nitrogen and oxygen atoms in total. The molecule has 0 saturated carbocycles. The van der Waals surface area contributed by atoms with Gasteiger partial charge in [0.05, 0.1) is 5.60 Å². The van der Waals surface area contributed by atoms with E-state index in [2.05, 4.69) is 25.7 Å². The standard InChI is InChI=1S/C13H27NO/c1-4-5-6-7-8-9-14-10-13(15,11-14)12(2)3/h12,15H,4-11H2,1-3H3. The minimum Gasteiger partial charge on any atom is -0.387 e. The summed E-state index contributed by atoms with van der Waals surface area (Å²) in [5.41, 5.74) is -0.385. The number of rotatable bonds is 7. The van der Waals surface area contributed by atoms with Crippen molar-refractivity contribution in [1.82, 2.24) is 4.90 Å². The van der Waals surface area contributed by atoms with Gasteiger partial charge in [0.15, 0.2) is 0 Å². The maximum Gasteiger partial charge on any atom is 0.0922 e. The number of unbranched alkanes of at least 4 members (excludes halogenated alkanes) is 4. The molecule has 0 amide bonds. The summed E-state index contributed by atoms with van der Waals surface area (Å²) in [6, 6.07) is 0. The molecule has 0 aromatic heterocycles. The van der Waals surface area contributed by atoms with Crippen molar-refractivity contribution in [2.45, 2.75) is 58.5 Å². The molecule has 0 aromatic rings. The molecule has 0 aromatic carbocycles. The number of nitrogens with zero attached hydrogens (tertiary/aromatic N) is 1.